The summed E-state index contributed by atoms with van der Waals surface area (Å²) in [7, 11) is 0. The summed E-state index contributed by atoms with van der Waals surface area (Å²) >= 11 is 0. The van der Waals surface area contributed by atoms with Gasteiger partial charge in [0, 0.05) is 6.07 Å². The van der Waals surface area contributed by atoms with Gasteiger partial charge in [0.2, 0.25) is 0 Å². The zero-order valence-corrected chi connectivity index (χ0v) is 12.7. The number of nitrogen functional groups attached to an aromatic ring is 1. The van der Waals surface area contributed by atoms with E-state index in [2.05, 4.69) is 10.1 Å². The molecule has 0 atom stereocenters. The van der Waals surface area contributed by atoms with E-state index in [-0.39, 0.29) is 11.3 Å². The Kier molecular flexibility index (Phi) is 3.57. The Bertz CT molecular complexity index is 939. The monoisotopic (exact) mass is 309 g/mol. The van der Waals surface area contributed by atoms with Gasteiger partial charge in [-0.25, -0.2) is 0 Å². The molecule has 3 N–H and O–H groups in total. The number of aryl methyl sites for hydroxylation is 1. The van der Waals surface area contributed by atoms with Gasteiger partial charge in [-0.1, -0.05) is 35.5 Å². The van der Waals surface area contributed by atoms with Gasteiger partial charge < -0.3 is 15.2 Å². The molecule has 1 aromatic carbocycles. The standard InChI is InChI=1S/C17H15N3O3/c1-9-8-12(23-20-9)14-15(18)13(10(2)21)17(22)19-16(14)11-6-4-3-5-7-11/h3-8H,1-2H3,(H3,18,19,22). The first kappa shape index (κ1) is 14.8. The highest BCUT2D eigenvalue weighted by molar-refractivity contribution is 6.04. The van der Waals surface area contributed by atoms with Gasteiger partial charge in [0.05, 0.1) is 22.6 Å². The summed E-state index contributed by atoms with van der Waals surface area (Å²) in [6.07, 6.45) is 0. The normalized spacial score (nSPS) is 10.7. The third-order valence-corrected chi connectivity index (χ3v) is 3.54. The molecule has 0 aliphatic heterocycles. The predicted molar refractivity (Wildman–Crippen MR) is 87.1 cm³/mol. The first-order valence-electron chi connectivity index (χ1n) is 7.05. The molecule has 116 valence electrons. The van der Waals surface area contributed by atoms with Crippen molar-refractivity contribution in [1.29, 1.82) is 0 Å². The van der Waals surface area contributed by atoms with Crippen molar-refractivity contribution in [3.63, 3.8) is 0 Å². The number of hydrogen-bond donors (Lipinski definition) is 2. The minimum Gasteiger partial charge on any atom is -0.397 e. The summed E-state index contributed by atoms with van der Waals surface area (Å²) in [4.78, 5) is 26.8. The lowest BCUT2D eigenvalue weighted by molar-refractivity contribution is 0.101. The van der Waals surface area contributed by atoms with Crippen LogP contribution in [0, 0.1) is 6.92 Å². The van der Waals surface area contributed by atoms with Crippen molar-refractivity contribution in [3.8, 4) is 22.6 Å². The SMILES string of the molecule is CC(=O)c1c(N)c(-c2cc(C)no2)c(-c2ccccc2)[nH]c1=O. The molecule has 0 amide bonds. The van der Waals surface area contributed by atoms with Crippen LogP contribution < -0.4 is 11.3 Å². The fraction of sp³-hybridized carbons (Fsp3) is 0.118. The summed E-state index contributed by atoms with van der Waals surface area (Å²) < 4.78 is 5.30. The highest BCUT2D eigenvalue weighted by Crippen LogP contribution is 2.35. The Morgan fingerprint density at radius 1 is 1.26 bits per heavy atom. The van der Waals surface area contributed by atoms with Gasteiger partial charge in [0.1, 0.15) is 5.56 Å². The number of carbonyl (C=O) groups is 1. The molecule has 0 bridgehead atoms. The Morgan fingerprint density at radius 3 is 2.52 bits per heavy atom. The molecule has 0 spiro atoms. The average molecular weight is 309 g/mol. The van der Waals surface area contributed by atoms with Gasteiger partial charge >= 0.3 is 0 Å². The van der Waals surface area contributed by atoms with Crippen molar-refractivity contribution < 1.29 is 9.32 Å². The van der Waals surface area contributed by atoms with E-state index >= 15 is 0 Å². The van der Waals surface area contributed by atoms with E-state index in [1.165, 1.54) is 6.92 Å². The second-order valence-electron chi connectivity index (χ2n) is 5.25. The number of aromatic nitrogens is 2. The number of nitrogens with zero attached hydrogens (tertiary/aromatic N) is 1. The molecule has 0 aliphatic rings. The molecule has 0 radical (unpaired) electrons. The second kappa shape index (κ2) is 5.57. The van der Waals surface area contributed by atoms with E-state index < -0.39 is 11.3 Å². The summed E-state index contributed by atoms with van der Waals surface area (Å²) in [6, 6.07) is 10.9. The molecule has 3 aromatic rings. The first-order valence-corrected chi connectivity index (χ1v) is 7.05. The molecule has 0 unspecified atom stereocenters. The van der Waals surface area contributed by atoms with Gasteiger partial charge in [0.15, 0.2) is 11.5 Å². The van der Waals surface area contributed by atoms with Gasteiger partial charge in [-0.15, -0.1) is 0 Å². The molecule has 6 heteroatoms. The van der Waals surface area contributed by atoms with E-state index in [1.54, 1.807) is 13.0 Å². The van der Waals surface area contributed by atoms with Crippen molar-refractivity contribution in [2.24, 2.45) is 0 Å². The number of nitrogens with one attached hydrogen (secondary N) is 1. The molecule has 6 nitrogen and oxygen atoms in total. The Hall–Kier alpha value is -3.15. The van der Waals surface area contributed by atoms with Crippen LogP contribution >= 0.6 is 0 Å². The van der Waals surface area contributed by atoms with Crippen LogP contribution in [-0.2, 0) is 0 Å². The Labute approximate surface area is 131 Å². The van der Waals surface area contributed by atoms with E-state index in [0.29, 0.717) is 22.7 Å². The van der Waals surface area contributed by atoms with E-state index in [1.807, 2.05) is 30.3 Å². The van der Waals surface area contributed by atoms with Crippen LogP contribution in [0.25, 0.3) is 22.6 Å². The predicted octanol–water partition coefficient (Wildman–Crippen LogP) is 2.79. The number of benzene rings is 1. The molecular weight excluding hydrogens is 294 g/mol. The van der Waals surface area contributed by atoms with E-state index in [9.17, 15) is 9.59 Å². The number of pyridine rings is 1. The van der Waals surface area contributed by atoms with Gasteiger partial charge in [-0.2, -0.15) is 0 Å². The van der Waals surface area contributed by atoms with Crippen LogP contribution in [0.3, 0.4) is 0 Å². The maximum Gasteiger partial charge on any atom is 0.261 e. The minimum atomic E-state index is -0.520. The first-order chi connectivity index (χ1) is 11.0. The largest absolute Gasteiger partial charge is 0.397 e. The van der Waals surface area contributed by atoms with Crippen molar-refractivity contribution in [2.75, 3.05) is 5.73 Å². The third-order valence-electron chi connectivity index (χ3n) is 3.54. The number of ketones is 1. The number of nitrogens with two attached hydrogens (primary N) is 1. The highest BCUT2D eigenvalue weighted by atomic mass is 16.5. The van der Waals surface area contributed by atoms with Gasteiger partial charge in [-0.05, 0) is 19.4 Å². The van der Waals surface area contributed by atoms with E-state index in [4.69, 9.17) is 10.3 Å². The van der Waals surface area contributed by atoms with Crippen molar-refractivity contribution in [1.82, 2.24) is 10.1 Å². The summed E-state index contributed by atoms with van der Waals surface area (Å²) in [5.74, 6) is -0.00143. The van der Waals surface area contributed by atoms with E-state index in [0.717, 1.165) is 5.56 Å². The van der Waals surface area contributed by atoms with Gasteiger partial charge in [0.25, 0.3) is 5.56 Å². The minimum absolute atomic E-state index is 0.0752. The fourth-order valence-electron chi connectivity index (χ4n) is 2.53. The van der Waals surface area contributed by atoms with Crippen LogP contribution in [0.4, 0.5) is 5.69 Å². The van der Waals surface area contributed by atoms with Crippen LogP contribution in [0.1, 0.15) is 23.0 Å². The van der Waals surface area contributed by atoms with Crippen LogP contribution in [-0.4, -0.2) is 15.9 Å². The lowest BCUT2D eigenvalue weighted by Crippen LogP contribution is -2.20. The number of H-pyrrole nitrogens is 1. The van der Waals surface area contributed by atoms with Crippen molar-refractivity contribution in [2.45, 2.75) is 13.8 Å². The molecule has 23 heavy (non-hydrogen) atoms. The number of hydrogen-bond acceptors (Lipinski definition) is 5. The molecule has 3 rings (SSSR count). The molecule has 0 aliphatic carbocycles. The molecule has 2 aromatic heterocycles. The number of carbonyl (C=O) groups excluding carboxylic acids is 1. The second-order valence-corrected chi connectivity index (χ2v) is 5.25. The topological polar surface area (TPSA) is 102 Å². The lowest BCUT2D eigenvalue weighted by atomic mass is 9.98. The summed E-state index contributed by atoms with van der Waals surface area (Å²) in [6.45, 7) is 3.08. The maximum atomic E-state index is 12.3. The lowest BCUT2D eigenvalue weighted by Gasteiger charge is -2.12. The number of anilines is 1. The van der Waals surface area contributed by atoms with Crippen LogP contribution in [0.15, 0.2) is 45.7 Å². The number of rotatable bonds is 3. The number of Topliss-reactive ketones (excluding diaryl/α,β-unsaturated/α-hetero) is 1. The van der Waals surface area contributed by atoms with Crippen LogP contribution in [0.5, 0.6) is 0 Å². The molecule has 2 heterocycles. The Morgan fingerprint density at radius 2 is 1.96 bits per heavy atom. The zero-order chi connectivity index (χ0) is 16.6. The molecule has 0 saturated carbocycles. The molecule has 0 fully saturated rings. The number of aromatic amines is 1. The molecular formula is C17H15N3O3. The summed E-state index contributed by atoms with van der Waals surface area (Å²) in [5, 5.41) is 3.86. The fourth-order valence-corrected chi connectivity index (χ4v) is 2.53. The van der Waals surface area contributed by atoms with Crippen molar-refractivity contribution >= 4 is 11.5 Å². The Balaban J connectivity index is 2.40. The third kappa shape index (κ3) is 2.55. The maximum absolute atomic E-state index is 12.3. The summed E-state index contributed by atoms with van der Waals surface area (Å²) in [5.41, 5.74) is 8.02. The quantitative estimate of drug-likeness (QED) is 0.724. The van der Waals surface area contributed by atoms with Gasteiger partial charge in [-0.3, -0.25) is 9.59 Å². The van der Waals surface area contributed by atoms with Crippen LogP contribution in [0.2, 0.25) is 0 Å². The smallest absolute Gasteiger partial charge is 0.261 e. The van der Waals surface area contributed by atoms with Crippen molar-refractivity contribution in [3.05, 3.63) is 58.0 Å². The zero-order valence-electron chi connectivity index (χ0n) is 12.7. The highest BCUT2D eigenvalue weighted by Gasteiger charge is 2.22. The molecule has 0 saturated heterocycles. The average Bonchev–Trinajstić information content (AvgIpc) is 2.93.